The van der Waals surface area contributed by atoms with Crippen LogP contribution in [0.1, 0.15) is 37.8 Å². The Morgan fingerprint density at radius 3 is 2.61 bits per heavy atom. The molecule has 0 radical (unpaired) electrons. The molecule has 0 aromatic heterocycles. The van der Waals surface area contributed by atoms with Crippen molar-refractivity contribution in [2.45, 2.75) is 26.7 Å². The van der Waals surface area contributed by atoms with E-state index in [2.05, 4.69) is 19.2 Å². The summed E-state index contributed by atoms with van der Waals surface area (Å²) in [5.74, 6) is 0.688. The first-order chi connectivity index (χ1) is 18.3. The lowest BCUT2D eigenvalue weighted by atomic mass is 10.0. The van der Waals surface area contributed by atoms with Gasteiger partial charge in [-0.25, -0.2) is 0 Å². The Morgan fingerprint density at radius 2 is 1.87 bits per heavy atom. The number of ether oxygens (including phenoxy) is 2. The van der Waals surface area contributed by atoms with Gasteiger partial charge in [0.2, 0.25) is 0 Å². The van der Waals surface area contributed by atoms with E-state index >= 15 is 0 Å². The fourth-order valence-corrected chi connectivity index (χ4v) is 5.39. The highest BCUT2D eigenvalue weighted by Crippen LogP contribution is 2.38. The Hall–Kier alpha value is -3.33. The molecule has 0 unspecified atom stereocenters. The fourth-order valence-electron chi connectivity index (χ4n) is 3.90. The fraction of sp³-hybridized carbons (Fsp3) is 0.207. The molecule has 0 saturated carbocycles. The maximum absolute atomic E-state index is 13.1. The summed E-state index contributed by atoms with van der Waals surface area (Å²) in [5, 5.41) is 3.45. The normalized spacial score (nSPS) is 14.3. The average molecular weight is 567 g/mol. The van der Waals surface area contributed by atoms with Crippen LogP contribution in [-0.2, 0) is 9.59 Å². The number of thioether (sulfide) groups is 1. The van der Waals surface area contributed by atoms with Crippen LogP contribution in [0.3, 0.4) is 0 Å². The SMILES string of the molecule is CCOc1cc(/C=C2\SC(=S)N(c3cccc(Cl)c3)C2=O)ccc1OCC(=O)Nc1ccccc1C(C)C. The van der Waals surface area contributed by atoms with Crippen LogP contribution in [-0.4, -0.2) is 29.3 Å². The van der Waals surface area contributed by atoms with Gasteiger partial charge in [0.15, 0.2) is 22.4 Å². The third-order valence-corrected chi connectivity index (χ3v) is 7.18. The van der Waals surface area contributed by atoms with Gasteiger partial charge in [-0.3, -0.25) is 14.5 Å². The first-order valence-electron chi connectivity index (χ1n) is 12.1. The Labute approximate surface area is 237 Å². The van der Waals surface area contributed by atoms with E-state index in [0.717, 1.165) is 16.8 Å². The molecule has 1 N–H and O–H groups in total. The van der Waals surface area contributed by atoms with Crippen LogP contribution in [0.5, 0.6) is 11.5 Å². The molecule has 0 bridgehead atoms. The lowest BCUT2D eigenvalue weighted by Gasteiger charge is -2.15. The smallest absolute Gasteiger partial charge is 0.270 e. The van der Waals surface area contributed by atoms with Crippen molar-refractivity contribution in [1.82, 2.24) is 0 Å². The van der Waals surface area contributed by atoms with Gasteiger partial charge < -0.3 is 14.8 Å². The summed E-state index contributed by atoms with van der Waals surface area (Å²) in [5.41, 5.74) is 3.19. The predicted molar refractivity (Wildman–Crippen MR) is 159 cm³/mol. The summed E-state index contributed by atoms with van der Waals surface area (Å²) >= 11 is 12.8. The number of amides is 2. The van der Waals surface area contributed by atoms with Crippen LogP contribution in [0.2, 0.25) is 5.02 Å². The highest BCUT2D eigenvalue weighted by molar-refractivity contribution is 8.27. The number of hydrogen-bond acceptors (Lipinski definition) is 6. The number of rotatable bonds is 9. The van der Waals surface area contributed by atoms with Gasteiger partial charge in [0.25, 0.3) is 11.8 Å². The van der Waals surface area contributed by atoms with Crippen LogP contribution in [0.15, 0.2) is 71.6 Å². The molecule has 3 aromatic carbocycles. The molecule has 0 atom stereocenters. The Morgan fingerprint density at radius 1 is 1.08 bits per heavy atom. The number of para-hydroxylation sites is 1. The van der Waals surface area contributed by atoms with Crippen LogP contribution in [0.4, 0.5) is 11.4 Å². The van der Waals surface area contributed by atoms with E-state index in [9.17, 15) is 9.59 Å². The van der Waals surface area contributed by atoms with Gasteiger partial charge in [-0.1, -0.05) is 79.8 Å². The number of carbonyl (C=O) groups excluding carboxylic acids is 2. The Balaban J connectivity index is 1.48. The maximum Gasteiger partial charge on any atom is 0.270 e. The summed E-state index contributed by atoms with van der Waals surface area (Å²) in [6.07, 6.45) is 1.76. The van der Waals surface area contributed by atoms with Gasteiger partial charge >= 0.3 is 0 Å². The van der Waals surface area contributed by atoms with Crippen molar-refractivity contribution in [3.8, 4) is 11.5 Å². The number of benzene rings is 3. The molecule has 38 heavy (non-hydrogen) atoms. The number of anilines is 2. The molecule has 0 spiro atoms. The highest BCUT2D eigenvalue weighted by atomic mass is 35.5. The standard InChI is InChI=1S/C29H27ClN2O4S2/c1-4-35-25-14-19(15-26-28(34)32(29(37)38-26)21-9-7-8-20(30)16-21)12-13-24(25)36-17-27(33)31-23-11-6-5-10-22(23)18(2)3/h5-16,18H,4,17H2,1-3H3,(H,31,33)/b26-15-. The molecule has 2 amide bonds. The molecule has 0 aliphatic carbocycles. The largest absolute Gasteiger partial charge is 0.490 e. The molecule has 1 aliphatic heterocycles. The second-order valence-corrected chi connectivity index (χ2v) is 10.8. The molecule has 4 rings (SSSR count). The third kappa shape index (κ3) is 6.56. The van der Waals surface area contributed by atoms with Crippen LogP contribution in [0, 0.1) is 0 Å². The zero-order valence-electron chi connectivity index (χ0n) is 21.2. The topological polar surface area (TPSA) is 67.9 Å². The van der Waals surface area contributed by atoms with E-state index in [4.69, 9.17) is 33.3 Å². The molecule has 1 fully saturated rings. The van der Waals surface area contributed by atoms with Gasteiger partial charge in [-0.15, -0.1) is 0 Å². The first-order valence-corrected chi connectivity index (χ1v) is 13.7. The van der Waals surface area contributed by atoms with Crippen molar-refractivity contribution in [3.63, 3.8) is 0 Å². The minimum absolute atomic E-state index is 0.176. The minimum atomic E-state index is -0.269. The second kappa shape index (κ2) is 12.5. The van der Waals surface area contributed by atoms with E-state index in [-0.39, 0.29) is 24.3 Å². The number of halogens is 1. The molecular formula is C29H27ClN2O4S2. The first kappa shape index (κ1) is 27.7. The summed E-state index contributed by atoms with van der Waals surface area (Å²) in [4.78, 5) is 27.7. The maximum atomic E-state index is 13.1. The van der Waals surface area contributed by atoms with Crippen LogP contribution < -0.4 is 19.7 Å². The summed E-state index contributed by atoms with van der Waals surface area (Å²) in [6.45, 7) is 6.25. The lowest BCUT2D eigenvalue weighted by Crippen LogP contribution is -2.27. The van der Waals surface area contributed by atoms with E-state index in [1.54, 1.807) is 48.5 Å². The summed E-state index contributed by atoms with van der Waals surface area (Å²) in [7, 11) is 0. The van der Waals surface area contributed by atoms with Crippen molar-refractivity contribution in [2.24, 2.45) is 0 Å². The zero-order chi connectivity index (χ0) is 27.2. The summed E-state index contributed by atoms with van der Waals surface area (Å²) < 4.78 is 12.0. The van der Waals surface area contributed by atoms with Crippen LogP contribution in [0.25, 0.3) is 6.08 Å². The molecule has 3 aromatic rings. The zero-order valence-corrected chi connectivity index (χ0v) is 23.6. The number of thiocarbonyl (C=S) groups is 1. The van der Waals surface area contributed by atoms with Crippen molar-refractivity contribution in [1.29, 1.82) is 0 Å². The van der Waals surface area contributed by atoms with E-state index < -0.39 is 0 Å². The van der Waals surface area contributed by atoms with Gasteiger partial charge in [-0.05, 0) is 66.4 Å². The molecule has 1 heterocycles. The quantitative estimate of drug-likeness (QED) is 0.217. The predicted octanol–water partition coefficient (Wildman–Crippen LogP) is 7.29. The van der Waals surface area contributed by atoms with Gasteiger partial charge in [0, 0.05) is 10.7 Å². The number of nitrogens with zero attached hydrogens (tertiary/aromatic N) is 1. The number of nitrogens with one attached hydrogen (secondary N) is 1. The van der Waals surface area contributed by atoms with E-state index in [0.29, 0.717) is 38.0 Å². The second-order valence-electron chi connectivity index (χ2n) is 8.71. The van der Waals surface area contributed by atoms with Crippen molar-refractivity contribution in [2.75, 3.05) is 23.4 Å². The average Bonchev–Trinajstić information content (AvgIpc) is 3.16. The summed E-state index contributed by atoms with van der Waals surface area (Å²) in [6, 6.07) is 20.0. The number of carbonyl (C=O) groups is 2. The van der Waals surface area contributed by atoms with Gasteiger partial charge in [-0.2, -0.15) is 0 Å². The third-order valence-electron chi connectivity index (χ3n) is 5.64. The number of hydrogen-bond donors (Lipinski definition) is 1. The Kier molecular flexibility index (Phi) is 9.09. The van der Waals surface area contributed by atoms with Gasteiger partial charge in [0.05, 0.1) is 17.2 Å². The molecule has 196 valence electrons. The monoisotopic (exact) mass is 566 g/mol. The molecule has 9 heteroatoms. The lowest BCUT2D eigenvalue weighted by molar-refractivity contribution is -0.118. The molecular weight excluding hydrogens is 540 g/mol. The van der Waals surface area contributed by atoms with Crippen molar-refractivity contribution < 1.29 is 19.1 Å². The van der Waals surface area contributed by atoms with E-state index in [1.165, 1.54) is 16.7 Å². The van der Waals surface area contributed by atoms with Gasteiger partial charge in [0.1, 0.15) is 0 Å². The van der Waals surface area contributed by atoms with E-state index in [1.807, 2.05) is 31.2 Å². The highest BCUT2D eigenvalue weighted by Gasteiger charge is 2.33. The van der Waals surface area contributed by atoms with Crippen molar-refractivity contribution in [3.05, 3.63) is 87.8 Å². The molecule has 6 nitrogen and oxygen atoms in total. The van der Waals surface area contributed by atoms with Crippen LogP contribution >= 0.6 is 35.6 Å². The molecule has 1 aliphatic rings. The Bertz CT molecular complexity index is 1410. The van der Waals surface area contributed by atoms with Crippen molar-refractivity contribution >= 4 is 69.2 Å². The molecule has 1 saturated heterocycles. The minimum Gasteiger partial charge on any atom is -0.490 e.